The topological polar surface area (TPSA) is 167 Å². The van der Waals surface area contributed by atoms with Crippen LogP contribution in [0.3, 0.4) is 0 Å². The molecule has 0 atom stereocenters. The molecule has 4 rings (SSSR count). The largest absolute Gasteiger partial charge is 0.476 e. The molecule has 13 heteroatoms. The van der Waals surface area contributed by atoms with Gasteiger partial charge in [-0.15, -0.1) is 21.5 Å². The van der Waals surface area contributed by atoms with Crippen LogP contribution in [0.2, 0.25) is 0 Å². The van der Waals surface area contributed by atoms with Gasteiger partial charge in [0.2, 0.25) is 0 Å². The molecule has 0 aliphatic heterocycles. The average Bonchev–Trinajstić information content (AvgIpc) is 3.46. The number of carbonyl (C=O) groups is 3. The number of Topliss-reactive ketones (excluding diaryl/α,β-unsaturated/α-hetero) is 1. The molecular formula is C19H13FN6O5S. The first kappa shape index (κ1) is 21.0. The highest BCUT2D eigenvalue weighted by atomic mass is 32.1. The van der Waals surface area contributed by atoms with E-state index < -0.39 is 23.4 Å². The number of aromatic nitrogens is 5. The molecule has 4 aromatic rings. The molecule has 0 radical (unpaired) electrons. The standard InChI is InChI=1S/C19H13FN6O5S/c1-8(27)11-7-32-12(22-11)6-26-24-13(17(21)28)14(25-26)18-23-15(19(29)30)16(31-18)9-3-2-4-10(20)5-9/h2-5,7H,6H2,1H3,(H2,21,28)(H,29,30). The number of benzene rings is 1. The van der Waals surface area contributed by atoms with E-state index in [1.54, 1.807) is 5.38 Å². The van der Waals surface area contributed by atoms with E-state index in [9.17, 15) is 23.9 Å². The zero-order valence-electron chi connectivity index (χ0n) is 16.3. The van der Waals surface area contributed by atoms with E-state index in [0.717, 1.165) is 10.9 Å². The van der Waals surface area contributed by atoms with Gasteiger partial charge >= 0.3 is 5.97 Å². The Kier molecular flexibility index (Phi) is 5.32. The van der Waals surface area contributed by atoms with Crippen LogP contribution in [-0.4, -0.2) is 47.7 Å². The van der Waals surface area contributed by atoms with Crippen LogP contribution in [0.5, 0.6) is 0 Å². The molecule has 0 aliphatic carbocycles. The summed E-state index contributed by atoms with van der Waals surface area (Å²) in [6.07, 6.45) is 0. The Morgan fingerprint density at radius 2 is 2.00 bits per heavy atom. The van der Waals surface area contributed by atoms with Crippen molar-refractivity contribution in [3.05, 3.63) is 57.6 Å². The average molecular weight is 456 g/mol. The summed E-state index contributed by atoms with van der Waals surface area (Å²) in [5.74, 6) is -3.73. The second-order valence-corrected chi connectivity index (χ2v) is 7.43. The number of nitrogens with two attached hydrogens (primary N) is 1. The Bertz CT molecular complexity index is 1370. The number of oxazole rings is 1. The first-order valence-corrected chi connectivity index (χ1v) is 9.81. The van der Waals surface area contributed by atoms with E-state index in [2.05, 4.69) is 20.2 Å². The fraction of sp³-hybridized carbons (Fsp3) is 0.105. The predicted molar refractivity (Wildman–Crippen MR) is 108 cm³/mol. The van der Waals surface area contributed by atoms with E-state index in [0.29, 0.717) is 5.01 Å². The highest BCUT2D eigenvalue weighted by molar-refractivity contribution is 7.09. The Morgan fingerprint density at radius 1 is 1.22 bits per heavy atom. The number of thiazole rings is 1. The maximum absolute atomic E-state index is 13.6. The molecule has 3 aromatic heterocycles. The van der Waals surface area contributed by atoms with Crippen molar-refractivity contribution in [1.82, 2.24) is 25.0 Å². The number of aromatic carboxylic acids is 1. The monoisotopic (exact) mass is 456 g/mol. The Balaban J connectivity index is 1.77. The fourth-order valence-corrected chi connectivity index (χ4v) is 3.59. The number of carbonyl (C=O) groups excluding carboxylic acids is 2. The van der Waals surface area contributed by atoms with E-state index in [4.69, 9.17) is 10.2 Å². The number of carboxylic acids is 1. The van der Waals surface area contributed by atoms with Gasteiger partial charge in [0.25, 0.3) is 11.8 Å². The third-order valence-corrected chi connectivity index (χ3v) is 5.03. The lowest BCUT2D eigenvalue weighted by Crippen LogP contribution is -2.14. The maximum atomic E-state index is 13.6. The fourth-order valence-electron chi connectivity index (χ4n) is 2.79. The number of ketones is 1. The van der Waals surface area contributed by atoms with Crippen LogP contribution in [0.25, 0.3) is 22.9 Å². The van der Waals surface area contributed by atoms with Crippen molar-refractivity contribution in [3.63, 3.8) is 0 Å². The van der Waals surface area contributed by atoms with Crippen molar-refractivity contribution in [1.29, 1.82) is 0 Å². The number of amides is 1. The van der Waals surface area contributed by atoms with Crippen LogP contribution in [0, 0.1) is 5.82 Å². The van der Waals surface area contributed by atoms with Crippen LogP contribution in [0.15, 0.2) is 34.1 Å². The quantitative estimate of drug-likeness (QED) is 0.396. The summed E-state index contributed by atoms with van der Waals surface area (Å²) < 4.78 is 19.2. The zero-order chi connectivity index (χ0) is 23.0. The van der Waals surface area contributed by atoms with Crippen LogP contribution in [0.1, 0.15) is 43.4 Å². The number of rotatable bonds is 7. The minimum atomic E-state index is -1.42. The van der Waals surface area contributed by atoms with E-state index in [-0.39, 0.29) is 46.6 Å². The first-order chi connectivity index (χ1) is 15.2. The van der Waals surface area contributed by atoms with E-state index >= 15 is 0 Å². The van der Waals surface area contributed by atoms with Gasteiger partial charge in [-0.05, 0) is 12.1 Å². The molecule has 1 aromatic carbocycles. The van der Waals surface area contributed by atoms with Gasteiger partial charge in [0.15, 0.2) is 28.6 Å². The third kappa shape index (κ3) is 4.00. The zero-order valence-corrected chi connectivity index (χ0v) is 17.1. The van der Waals surface area contributed by atoms with Crippen molar-refractivity contribution in [2.24, 2.45) is 5.73 Å². The molecule has 3 heterocycles. The molecule has 3 N–H and O–H groups in total. The second kappa shape index (κ2) is 8.11. The van der Waals surface area contributed by atoms with Crippen LogP contribution in [-0.2, 0) is 6.54 Å². The molecule has 0 saturated carbocycles. The Labute approximate surface area is 182 Å². The van der Waals surface area contributed by atoms with E-state index in [1.807, 2.05) is 0 Å². The van der Waals surface area contributed by atoms with Gasteiger partial charge in [-0.25, -0.2) is 14.2 Å². The first-order valence-electron chi connectivity index (χ1n) is 8.93. The van der Waals surface area contributed by atoms with Crippen molar-refractivity contribution in [2.45, 2.75) is 13.5 Å². The number of carboxylic acid groups (broad SMARTS) is 1. The Morgan fingerprint density at radius 3 is 2.62 bits per heavy atom. The minimum Gasteiger partial charge on any atom is -0.476 e. The number of hydrogen-bond donors (Lipinski definition) is 2. The summed E-state index contributed by atoms with van der Waals surface area (Å²) in [5, 5.41) is 19.7. The number of halogens is 1. The predicted octanol–water partition coefficient (Wildman–Crippen LogP) is 2.24. The minimum absolute atomic E-state index is 0.0154. The highest BCUT2D eigenvalue weighted by Gasteiger charge is 2.28. The third-order valence-electron chi connectivity index (χ3n) is 4.20. The molecule has 0 spiro atoms. The normalized spacial score (nSPS) is 10.9. The van der Waals surface area contributed by atoms with Crippen molar-refractivity contribution >= 4 is 29.0 Å². The van der Waals surface area contributed by atoms with Gasteiger partial charge in [-0.1, -0.05) is 12.1 Å². The maximum Gasteiger partial charge on any atom is 0.358 e. The summed E-state index contributed by atoms with van der Waals surface area (Å²) in [4.78, 5) is 44.2. The van der Waals surface area contributed by atoms with Crippen LogP contribution >= 0.6 is 11.3 Å². The molecule has 0 unspecified atom stereocenters. The van der Waals surface area contributed by atoms with Gasteiger partial charge < -0.3 is 15.3 Å². The SMILES string of the molecule is CC(=O)c1csc(Cn2nc(C(N)=O)c(-c3nc(C(=O)O)c(-c4cccc(F)c4)o3)n2)n1. The van der Waals surface area contributed by atoms with Gasteiger partial charge in [0.1, 0.15) is 23.1 Å². The van der Waals surface area contributed by atoms with Crippen molar-refractivity contribution < 1.29 is 28.3 Å². The van der Waals surface area contributed by atoms with Crippen LogP contribution < -0.4 is 5.73 Å². The summed E-state index contributed by atoms with van der Waals surface area (Å²) in [5.41, 5.74) is 4.81. The van der Waals surface area contributed by atoms with Gasteiger partial charge in [0, 0.05) is 17.9 Å². The van der Waals surface area contributed by atoms with Crippen molar-refractivity contribution in [3.8, 4) is 22.9 Å². The number of primary amides is 1. The van der Waals surface area contributed by atoms with Crippen molar-refractivity contribution in [2.75, 3.05) is 0 Å². The molecule has 0 saturated heterocycles. The molecule has 11 nitrogen and oxygen atoms in total. The second-order valence-electron chi connectivity index (χ2n) is 6.49. The van der Waals surface area contributed by atoms with Gasteiger partial charge in [-0.2, -0.15) is 9.78 Å². The molecule has 0 aliphatic rings. The number of nitrogens with zero attached hydrogens (tertiary/aromatic N) is 5. The lowest BCUT2D eigenvalue weighted by Gasteiger charge is -1.98. The smallest absolute Gasteiger partial charge is 0.358 e. The van der Waals surface area contributed by atoms with Gasteiger partial charge in [0.05, 0.1) is 0 Å². The lowest BCUT2D eigenvalue weighted by atomic mass is 10.1. The number of hydrogen-bond acceptors (Lipinski definition) is 9. The highest BCUT2D eigenvalue weighted by Crippen LogP contribution is 2.30. The molecule has 1 amide bonds. The molecule has 0 fully saturated rings. The summed E-state index contributed by atoms with van der Waals surface area (Å²) in [7, 11) is 0. The molecular weight excluding hydrogens is 443 g/mol. The van der Waals surface area contributed by atoms with E-state index in [1.165, 1.54) is 36.5 Å². The molecule has 0 bridgehead atoms. The molecule has 162 valence electrons. The molecule has 32 heavy (non-hydrogen) atoms. The Hall–Kier alpha value is -4.26. The van der Waals surface area contributed by atoms with Gasteiger partial charge in [-0.3, -0.25) is 9.59 Å². The lowest BCUT2D eigenvalue weighted by molar-refractivity contribution is 0.0691. The summed E-state index contributed by atoms with van der Waals surface area (Å²) in [6.45, 7) is 1.40. The van der Waals surface area contributed by atoms with Crippen LogP contribution in [0.4, 0.5) is 4.39 Å². The summed E-state index contributed by atoms with van der Waals surface area (Å²) >= 11 is 1.20. The summed E-state index contributed by atoms with van der Waals surface area (Å²) in [6, 6.07) is 5.10.